The summed E-state index contributed by atoms with van der Waals surface area (Å²) in [5.74, 6) is -2.68. The average Bonchev–Trinajstić information content (AvgIpc) is 2.39. The van der Waals surface area contributed by atoms with Gasteiger partial charge in [0.15, 0.2) is 5.41 Å². The molecule has 98 valence electrons. The predicted octanol–water partition coefficient (Wildman–Crippen LogP) is 2.79. The summed E-state index contributed by atoms with van der Waals surface area (Å²) in [7, 11) is 0. The third-order valence-electron chi connectivity index (χ3n) is 3.14. The van der Waals surface area contributed by atoms with Crippen LogP contribution in [0.5, 0.6) is 0 Å². The van der Waals surface area contributed by atoms with Gasteiger partial charge in [0.25, 0.3) is 0 Å². The normalized spacial score (nSPS) is 16.8. The number of allylic oxidation sites excluding steroid dienone is 3. The molecule has 0 spiro atoms. The van der Waals surface area contributed by atoms with Crippen molar-refractivity contribution >= 4 is 40.1 Å². The summed E-state index contributed by atoms with van der Waals surface area (Å²) in [5.41, 5.74) is -0.0177. The molecule has 0 aromatic heterocycles. The minimum absolute atomic E-state index is 0.0471. The fourth-order valence-corrected chi connectivity index (χ4v) is 2.64. The van der Waals surface area contributed by atoms with E-state index in [-0.39, 0.29) is 6.42 Å². The monoisotopic (exact) mass is 370 g/mol. The second kappa shape index (κ2) is 5.16. The summed E-state index contributed by atoms with van der Waals surface area (Å²) < 4.78 is 1.04. The quantitative estimate of drug-likeness (QED) is 0.634. The maximum atomic E-state index is 11.2. The number of halogens is 1. The summed E-state index contributed by atoms with van der Waals surface area (Å²) in [6.07, 6.45) is 4.45. The van der Waals surface area contributed by atoms with Crippen LogP contribution < -0.4 is 0 Å². The third-order valence-corrected chi connectivity index (χ3v) is 4.08. The van der Waals surface area contributed by atoms with Crippen molar-refractivity contribution in [1.29, 1.82) is 0 Å². The van der Waals surface area contributed by atoms with Crippen LogP contribution in [0.15, 0.2) is 42.5 Å². The van der Waals surface area contributed by atoms with Gasteiger partial charge in [0, 0.05) is 3.57 Å². The fourth-order valence-electron chi connectivity index (χ4n) is 1.94. The van der Waals surface area contributed by atoms with Crippen molar-refractivity contribution in [3.05, 3.63) is 51.6 Å². The van der Waals surface area contributed by atoms with Gasteiger partial charge in [-0.2, -0.15) is 0 Å². The van der Waals surface area contributed by atoms with E-state index in [1.54, 1.807) is 12.2 Å². The Bertz CT molecular complexity index is 587. The van der Waals surface area contributed by atoms with Crippen LogP contribution in [0.4, 0.5) is 0 Å². The van der Waals surface area contributed by atoms with Crippen molar-refractivity contribution in [1.82, 2.24) is 0 Å². The number of hydrogen-bond donors (Lipinski definition) is 2. The van der Waals surface area contributed by atoms with Gasteiger partial charge in [0.2, 0.25) is 0 Å². The highest BCUT2D eigenvalue weighted by atomic mass is 127. The summed E-state index contributed by atoms with van der Waals surface area (Å²) in [6, 6.07) is 7.67. The number of carboxylic acid groups (broad SMARTS) is 2. The summed E-state index contributed by atoms with van der Waals surface area (Å²) in [4.78, 5) is 22.3. The van der Waals surface area contributed by atoms with E-state index in [4.69, 9.17) is 10.2 Å². The molecule has 5 heteroatoms. The van der Waals surface area contributed by atoms with E-state index < -0.39 is 17.4 Å². The predicted molar refractivity (Wildman–Crippen MR) is 78.6 cm³/mol. The van der Waals surface area contributed by atoms with Crippen molar-refractivity contribution in [2.24, 2.45) is 5.41 Å². The molecule has 0 bridgehead atoms. The second-order valence-electron chi connectivity index (χ2n) is 4.26. The molecule has 0 atom stereocenters. The van der Waals surface area contributed by atoms with Crippen LogP contribution in [-0.4, -0.2) is 22.2 Å². The summed E-state index contributed by atoms with van der Waals surface area (Å²) >= 11 is 2.19. The van der Waals surface area contributed by atoms with Crippen LogP contribution in [0, 0.1) is 8.99 Å². The van der Waals surface area contributed by atoms with E-state index in [1.807, 2.05) is 24.3 Å². The van der Waals surface area contributed by atoms with Crippen molar-refractivity contribution in [2.75, 3.05) is 0 Å². The minimum Gasteiger partial charge on any atom is -0.480 e. The zero-order valence-corrected chi connectivity index (χ0v) is 12.0. The SMILES string of the molecule is O=C(O)C1(C(=O)O)C=CC(c2ccccc2I)=CC1. The number of rotatable bonds is 3. The van der Waals surface area contributed by atoms with Crippen LogP contribution >= 0.6 is 22.6 Å². The van der Waals surface area contributed by atoms with Gasteiger partial charge in [-0.15, -0.1) is 0 Å². The first-order valence-electron chi connectivity index (χ1n) is 5.58. The van der Waals surface area contributed by atoms with Gasteiger partial charge >= 0.3 is 11.9 Å². The average molecular weight is 370 g/mol. The number of hydrogen-bond acceptors (Lipinski definition) is 2. The number of carboxylic acids is 2. The lowest BCUT2D eigenvalue weighted by atomic mass is 9.79. The van der Waals surface area contributed by atoms with Gasteiger partial charge in [-0.25, -0.2) is 0 Å². The molecule has 0 aliphatic heterocycles. The molecule has 1 aliphatic rings. The Morgan fingerprint density at radius 3 is 2.26 bits per heavy atom. The molecule has 0 saturated heterocycles. The van der Waals surface area contributed by atoms with Crippen LogP contribution in [0.1, 0.15) is 12.0 Å². The summed E-state index contributed by atoms with van der Waals surface area (Å²) in [5, 5.41) is 18.2. The molecule has 0 unspecified atom stereocenters. The molecule has 0 radical (unpaired) electrons. The van der Waals surface area contributed by atoms with E-state index in [2.05, 4.69) is 22.6 Å². The molecule has 0 heterocycles. The topological polar surface area (TPSA) is 74.6 Å². The van der Waals surface area contributed by atoms with Gasteiger partial charge < -0.3 is 10.2 Å². The molecular weight excluding hydrogens is 359 g/mol. The largest absolute Gasteiger partial charge is 0.480 e. The Morgan fingerprint density at radius 1 is 1.16 bits per heavy atom. The Balaban J connectivity index is 2.36. The van der Waals surface area contributed by atoms with Crippen molar-refractivity contribution in [2.45, 2.75) is 6.42 Å². The molecule has 2 N–H and O–H groups in total. The lowest BCUT2D eigenvalue weighted by Gasteiger charge is -2.23. The molecule has 19 heavy (non-hydrogen) atoms. The highest BCUT2D eigenvalue weighted by Gasteiger charge is 2.44. The molecule has 1 aliphatic carbocycles. The van der Waals surface area contributed by atoms with E-state index >= 15 is 0 Å². The Hall–Kier alpha value is -1.63. The van der Waals surface area contributed by atoms with Gasteiger partial charge in [0.1, 0.15) is 0 Å². The molecule has 0 saturated carbocycles. The number of aliphatic carboxylic acids is 2. The van der Waals surface area contributed by atoms with Gasteiger partial charge in [0.05, 0.1) is 0 Å². The van der Waals surface area contributed by atoms with Crippen LogP contribution in [0.3, 0.4) is 0 Å². The first-order chi connectivity index (χ1) is 8.97. The highest BCUT2D eigenvalue weighted by molar-refractivity contribution is 14.1. The number of carbonyl (C=O) groups is 2. The first kappa shape index (κ1) is 13.8. The molecule has 0 amide bonds. The molecule has 2 rings (SSSR count). The lowest BCUT2D eigenvalue weighted by molar-refractivity contribution is -0.160. The molecule has 4 nitrogen and oxygen atoms in total. The van der Waals surface area contributed by atoms with E-state index in [9.17, 15) is 9.59 Å². The maximum Gasteiger partial charge on any atom is 0.325 e. The molecule has 1 aromatic rings. The van der Waals surface area contributed by atoms with Crippen molar-refractivity contribution in [3.63, 3.8) is 0 Å². The van der Waals surface area contributed by atoms with E-state index in [0.29, 0.717) is 0 Å². The molecule has 0 fully saturated rings. The van der Waals surface area contributed by atoms with Gasteiger partial charge in [-0.1, -0.05) is 36.4 Å². The Morgan fingerprint density at radius 2 is 1.79 bits per heavy atom. The standard InChI is InChI=1S/C14H11IO4/c15-11-4-2-1-3-10(11)9-5-7-14(8-6-9,12(16)17)13(18)19/h1-7H,8H2,(H,16,17)(H,18,19). The minimum atomic E-state index is -1.84. The smallest absolute Gasteiger partial charge is 0.325 e. The van der Waals surface area contributed by atoms with E-state index in [0.717, 1.165) is 14.7 Å². The highest BCUT2D eigenvalue weighted by Crippen LogP contribution is 2.35. The molecular formula is C14H11IO4. The second-order valence-corrected chi connectivity index (χ2v) is 5.42. The lowest BCUT2D eigenvalue weighted by Crippen LogP contribution is -2.38. The first-order valence-corrected chi connectivity index (χ1v) is 6.66. The van der Waals surface area contributed by atoms with Crippen molar-refractivity contribution < 1.29 is 19.8 Å². The summed E-state index contributed by atoms with van der Waals surface area (Å²) in [6.45, 7) is 0. The Labute approximate surface area is 123 Å². The zero-order chi connectivity index (χ0) is 14.0. The van der Waals surface area contributed by atoms with Gasteiger partial charge in [-0.05, 0) is 46.2 Å². The molecule has 1 aromatic carbocycles. The maximum absolute atomic E-state index is 11.2. The number of benzene rings is 1. The van der Waals surface area contributed by atoms with Crippen molar-refractivity contribution in [3.8, 4) is 0 Å². The van der Waals surface area contributed by atoms with Crippen LogP contribution in [0.2, 0.25) is 0 Å². The Kier molecular flexibility index (Phi) is 3.75. The van der Waals surface area contributed by atoms with E-state index in [1.165, 1.54) is 6.08 Å². The van der Waals surface area contributed by atoms with Crippen LogP contribution in [-0.2, 0) is 9.59 Å². The zero-order valence-electron chi connectivity index (χ0n) is 9.84. The van der Waals surface area contributed by atoms with Gasteiger partial charge in [-0.3, -0.25) is 9.59 Å². The third kappa shape index (κ3) is 2.42. The fraction of sp³-hybridized carbons (Fsp3) is 0.143. The van der Waals surface area contributed by atoms with Crippen LogP contribution in [0.25, 0.3) is 5.57 Å².